The molecule has 20 heavy (non-hydrogen) atoms. The Labute approximate surface area is 121 Å². The Morgan fingerprint density at radius 1 is 1.30 bits per heavy atom. The molecular weight excluding hydrogens is 280 g/mol. The minimum Gasteiger partial charge on any atom is -0.497 e. The number of rotatable bonds is 5. The predicted octanol–water partition coefficient (Wildman–Crippen LogP) is 2.76. The minimum atomic E-state index is -0.282. The lowest BCUT2D eigenvalue weighted by Crippen LogP contribution is -2.20. The average Bonchev–Trinajstić information content (AvgIpc) is 2.45. The van der Waals surface area contributed by atoms with E-state index in [-0.39, 0.29) is 12.5 Å². The first-order valence-corrected chi connectivity index (χ1v) is 6.23. The first-order valence-electron chi connectivity index (χ1n) is 5.85. The Hall–Kier alpha value is -2.27. The lowest BCUT2D eigenvalue weighted by atomic mass is 10.3. The summed E-state index contributed by atoms with van der Waals surface area (Å²) in [7, 11) is 1.57. The zero-order chi connectivity index (χ0) is 14.4. The van der Waals surface area contributed by atoms with Gasteiger partial charge < -0.3 is 14.8 Å². The Bertz CT molecular complexity index is 604. The molecule has 0 atom stereocenters. The lowest BCUT2D eigenvalue weighted by Gasteiger charge is -2.08. The number of nitrogens with zero attached hydrogens (tertiary/aromatic N) is 1. The normalized spacial score (nSPS) is 9.90. The smallest absolute Gasteiger partial charge is 0.262 e. The molecule has 1 aromatic carbocycles. The van der Waals surface area contributed by atoms with Crippen molar-refractivity contribution in [1.82, 2.24) is 4.98 Å². The van der Waals surface area contributed by atoms with Crippen LogP contribution in [0.5, 0.6) is 11.5 Å². The average molecular weight is 293 g/mol. The summed E-state index contributed by atoms with van der Waals surface area (Å²) in [6.45, 7) is -0.104. The highest BCUT2D eigenvalue weighted by Crippen LogP contribution is 2.18. The van der Waals surface area contributed by atoms with Crippen LogP contribution in [0.4, 0.5) is 5.69 Å². The quantitative estimate of drug-likeness (QED) is 0.861. The molecule has 6 heteroatoms. The van der Waals surface area contributed by atoms with Crippen molar-refractivity contribution >= 4 is 23.2 Å². The van der Waals surface area contributed by atoms with E-state index in [4.69, 9.17) is 21.1 Å². The van der Waals surface area contributed by atoms with Gasteiger partial charge in [-0.25, -0.2) is 4.98 Å². The number of nitrogens with one attached hydrogen (secondary N) is 1. The summed E-state index contributed by atoms with van der Waals surface area (Å²) in [5.41, 5.74) is 0.573. The van der Waals surface area contributed by atoms with E-state index in [0.717, 1.165) is 0 Å². The van der Waals surface area contributed by atoms with E-state index in [1.807, 2.05) is 0 Å². The number of hydrogen-bond acceptors (Lipinski definition) is 4. The van der Waals surface area contributed by atoms with Crippen LogP contribution in [0.15, 0.2) is 42.6 Å². The predicted molar refractivity (Wildman–Crippen MR) is 76.4 cm³/mol. The van der Waals surface area contributed by atoms with Crippen LogP contribution in [-0.4, -0.2) is 24.6 Å². The molecule has 0 bridgehead atoms. The van der Waals surface area contributed by atoms with E-state index in [9.17, 15) is 4.79 Å². The highest BCUT2D eigenvalue weighted by Gasteiger charge is 2.05. The number of methoxy groups -OCH3 is 1. The van der Waals surface area contributed by atoms with Crippen LogP contribution in [0.25, 0.3) is 0 Å². The summed E-state index contributed by atoms with van der Waals surface area (Å²) in [4.78, 5) is 15.5. The maximum Gasteiger partial charge on any atom is 0.262 e. The van der Waals surface area contributed by atoms with Gasteiger partial charge in [-0.15, -0.1) is 0 Å². The van der Waals surface area contributed by atoms with Gasteiger partial charge in [-0.05, 0) is 24.3 Å². The minimum absolute atomic E-state index is 0.104. The Morgan fingerprint density at radius 2 is 2.10 bits per heavy atom. The van der Waals surface area contributed by atoms with Gasteiger partial charge in [0.15, 0.2) is 6.61 Å². The first kappa shape index (κ1) is 14.1. The molecule has 1 N–H and O–H groups in total. The number of amides is 1. The highest BCUT2D eigenvalue weighted by molar-refractivity contribution is 6.29. The third kappa shape index (κ3) is 4.13. The molecule has 0 saturated carbocycles. The van der Waals surface area contributed by atoms with Crippen molar-refractivity contribution in [3.8, 4) is 11.5 Å². The van der Waals surface area contributed by atoms with Gasteiger partial charge in [0.25, 0.3) is 5.91 Å². The third-order valence-electron chi connectivity index (χ3n) is 2.42. The molecule has 1 heterocycles. The van der Waals surface area contributed by atoms with Gasteiger partial charge >= 0.3 is 0 Å². The van der Waals surface area contributed by atoms with Crippen molar-refractivity contribution in [2.45, 2.75) is 0 Å². The number of halogens is 1. The second-order valence-electron chi connectivity index (χ2n) is 3.88. The number of aromatic nitrogens is 1. The standard InChI is InChI=1S/C14H13ClN2O3/c1-19-11-3-2-4-12(8-11)20-9-14(18)17-10-5-6-16-13(15)7-10/h2-8H,9H2,1H3,(H,16,17,18). The van der Waals surface area contributed by atoms with Gasteiger partial charge in [-0.2, -0.15) is 0 Å². The van der Waals surface area contributed by atoms with Crippen LogP contribution < -0.4 is 14.8 Å². The molecule has 2 aromatic rings. The second-order valence-corrected chi connectivity index (χ2v) is 4.27. The molecule has 0 unspecified atom stereocenters. The number of ether oxygens (including phenoxy) is 2. The van der Waals surface area contributed by atoms with Crippen LogP contribution >= 0.6 is 11.6 Å². The SMILES string of the molecule is COc1cccc(OCC(=O)Nc2ccnc(Cl)c2)c1. The molecule has 0 aliphatic rings. The Balaban J connectivity index is 1.88. The number of carbonyl (C=O) groups excluding carboxylic acids is 1. The van der Waals surface area contributed by atoms with Gasteiger partial charge in [0.1, 0.15) is 16.7 Å². The van der Waals surface area contributed by atoms with E-state index < -0.39 is 0 Å². The van der Waals surface area contributed by atoms with E-state index in [1.165, 1.54) is 6.20 Å². The van der Waals surface area contributed by atoms with Crippen molar-refractivity contribution in [3.63, 3.8) is 0 Å². The van der Waals surface area contributed by atoms with Crippen LogP contribution in [0.1, 0.15) is 0 Å². The van der Waals surface area contributed by atoms with E-state index in [2.05, 4.69) is 10.3 Å². The third-order valence-corrected chi connectivity index (χ3v) is 2.63. The molecule has 1 amide bonds. The Kier molecular flexibility index (Phi) is 4.79. The van der Waals surface area contributed by atoms with E-state index in [0.29, 0.717) is 22.3 Å². The molecule has 104 valence electrons. The number of anilines is 1. The fourth-order valence-electron chi connectivity index (χ4n) is 1.52. The van der Waals surface area contributed by atoms with Crippen LogP contribution in [0.3, 0.4) is 0 Å². The molecule has 0 aliphatic carbocycles. The first-order chi connectivity index (χ1) is 9.67. The molecule has 0 spiro atoms. The van der Waals surface area contributed by atoms with Crippen LogP contribution in [0, 0.1) is 0 Å². The molecule has 0 fully saturated rings. The van der Waals surface area contributed by atoms with Gasteiger partial charge in [0.05, 0.1) is 7.11 Å². The molecule has 1 aromatic heterocycles. The van der Waals surface area contributed by atoms with Crippen LogP contribution in [-0.2, 0) is 4.79 Å². The van der Waals surface area contributed by atoms with Crippen molar-refractivity contribution in [3.05, 3.63) is 47.7 Å². The van der Waals surface area contributed by atoms with Crippen molar-refractivity contribution in [1.29, 1.82) is 0 Å². The summed E-state index contributed by atoms with van der Waals surface area (Å²) >= 11 is 5.73. The molecule has 0 radical (unpaired) electrons. The van der Waals surface area contributed by atoms with Crippen molar-refractivity contribution in [2.24, 2.45) is 0 Å². The number of benzene rings is 1. The monoisotopic (exact) mass is 292 g/mol. The fourth-order valence-corrected chi connectivity index (χ4v) is 1.69. The van der Waals surface area contributed by atoms with Gasteiger partial charge in [0, 0.05) is 18.0 Å². The number of pyridine rings is 1. The molecule has 5 nitrogen and oxygen atoms in total. The number of carbonyl (C=O) groups is 1. The van der Waals surface area contributed by atoms with Crippen molar-refractivity contribution < 1.29 is 14.3 Å². The zero-order valence-electron chi connectivity index (χ0n) is 10.8. The summed E-state index contributed by atoms with van der Waals surface area (Å²) in [6, 6.07) is 10.2. The van der Waals surface area contributed by atoms with Crippen LogP contribution in [0.2, 0.25) is 5.15 Å². The number of hydrogen-bond donors (Lipinski definition) is 1. The zero-order valence-corrected chi connectivity index (χ0v) is 11.6. The maximum atomic E-state index is 11.7. The summed E-state index contributed by atoms with van der Waals surface area (Å²) in [6.07, 6.45) is 1.51. The molecule has 0 saturated heterocycles. The highest BCUT2D eigenvalue weighted by atomic mass is 35.5. The topological polar surface area (TPSA) is 60.5 Å². The summed E-state index contributed by atoms with van der Waals surface area (Å²) in [5, 5.41) is 2.98. The lowest BCUT2D eigenvalue weighted by molar-refractivity contribution is -0.118. The summed E-state index contributed by atoms with van der Waals surface area (Å²) < 4.78 is 10.4. The van der Waals surface area contributed by atoms with Crippen molar-refractivity contribution in [2.75, 3.05) is 19.0 Å². The van der Waals surface area contributed by atoms with Gasteiger partial charge in [0.2, 0.25) is 0 Å². The maximum absolute atomic E-state index is 11.7. The second kappa shape index (κ2) is 6.77. The van der Waals surface area contributed by atoms with E-state index in [1.54, 1.807) is 43.5 Å². The largest absolute Gasteiger partial charge is 0.497 e. The fraction of sp³-hybridized carbons (Fsp3) is 0.143. The van der Waals surface area contributed by atoms with Gasteiger partial charge in [-0.3, -0.25) is 4.79 Å². The molecular formula is C14H13ClN2O3. The summed E-state index contributed by atoms with van der Waals surface area (Å²) in [5.74, 6) is 0.950. The Morgan fingerprint density at radius 3 is 2.85 bits per heavy atom. The molecule has 0 aliphatic heterocycles. The van der Waals surface area contributed by atoms with E-state index >= 15 is 0 Å². The molecule has 2 rings (SSSR count). The van der Waals surface area contributed by atoms with Gasteiger partial charge in [-0.1, -0.05) is 17.7 Å².